The minimum absolute atomic E-state index is 0.0475. The normalized spacial score (nSPS) is 10.9. The number of nitrogens with zero attached hydrogens (tertiary/aromatic N) is 1. The third-order valence-electron chi connectivity index (χ3n) is 1.41. The molecule has 0 aliphatic heterocycles. The van der Waals surface area contributed by atoms with Gasteiger partial charge in [-0.05, 0) is 22.0 Å². The van der Waals surface area contributed by atoms with E-state index in [0.29, 0.717) is 0 Å². The lowest BCUT2D eigenvalue weighted by molar-refractivity contribution is 0.151. The zero-order valence-corrected chi connectivity index (χ0v) is 8.61. The molecule has 6 heteroatoms. The van der Waals surface area contributed by atoms with Gasteiger partial charge >= 0.3 is 0 Å². The van der Waals surface area contributed by atoms with Crippen molar-refractivity contribution in [1.82, 2.24) is 4.98 Å². The zero-order chi connectivity index (χ0) is 10.0. The first-order valence-corrected chi connectivity index (χ1v) is 4.47. The van der Waals surface area contributed by atoms with Crippen molar-refractivity contribution in [2.75, 3.05) is 0 Å². The number of hydrogen-bond acceptors (Lipinski definition) is 2. The van der Waals surface area contributed by atoms with Gasteiger partial charge in [-0.3, -0.25) is 0 Å². The summed E-state index contributed by atoms with van der Waals surface area (Å²) in [6, 6.07) is 1.13. The molecule has 1 rings (SSSR count). The molecule has 1 N–H and O–H groups in total. The van der Waals surface area contributed by atoms with Gasteiger partial charge in [0.25, 0.3) is 6.43 Å². The molecule has 0 aromatic carbocycles. The van der Waals surface area contributed by atoms with Crippen molar-refractivity contribution in [2.45, 2.75) is 13.0 Å². The molecule has 0 saturated heterocycles. The Morgan fingerprint density at radius 3 is 2.69 bits per heavy atom. The Labute approximate surface area is 86.7 Å². The number of alkyl halides is 2. The van der Waals surface area contributed by atoms with E-state index in [4.69, 9.17) is 16.7 Å². The highest BCUT2D eigenvalue weighted by atomic mass is 79.9. The number of pyridine rings is 1. The molecule has 0 bridgehead atoms. The number of aliphatic hydroxyl groups excluding tert-OH is 1. The topological polar surface area (TPSA) is 33.1 Å². The van der Waals surface area contributed by atoms with E-state index in [-0.39, 0.29) is 20.9 Å². The van der Waals surface area contributed by atoms with Gasteiger partial charge in [0.05, 0.1) is 17.3 Å². The minimum atomic E-state index is -2.67. The van der Waals surface area contributed by atoms with Crippen molar-refractivity contribution in [2.24, 2.45) is 0 Å². The van der Waals surface area contributed by atoms with Crippen LogP contribution >= 0.6 is 27.5 Å². The van der Waals surface area contributed by atoms with Crippen LogP contribution in [0.3, 0.4) is 0 Å². The summed E-state index contributed by atoms with van der Waals surface area (Å²) in [7, 11) is 0. The monoisotopic (exact) mass is 271 g/mol. The molecule has 1 aromatic heterocycles. The first-order chi connectivity index (χ1) is 6.06. The summed E-state index contributed by atoms with van der Waals surface area (Å²) in [4.78, 5) is 3.74. The summed E-state index contributed by atoms with van der Waals surface area (Å²) >= 11 is 8.49. The first-order valence-electron chi connectivity index (χ1n) is 3.30. The second-order valence-corrected chi connectivity index (χ2v) is 3.44. The molecule has 0 fully saturated rings. The Bertz CT molecular complexity index is 322. The van der Waals surface area contributed by atoms with E-state index < -0.39 is 13.0 Å². The van der Waals surface area contributed by atoms with E-state index in [9.17, 15) is 8.78 Å². The Morgan fingerprint density at radius 1 is 1.62 bits per heavy atom. The van der Waals surface area contributed by atoms with Crippen LogP contribution < -0.4 is 0 Å². The zero-order valence-electron chi connectivity index (χ0n) is 6.27. The first kappa shape index (κ1) is 10.8. The molecule has 2 nitrogen and oxygen atoms in total. The van der Waals surface area contributed by atoms with Crippen molar-refractivity contribution in [3.63, 3.8) is 0 Å². The summed E-state index contributed by atoms with van der Waals surface area (Å²) in [5, 5.41) is 8.56. The number of aromatic nitrogens is 1. The van der Waals surface area contributed by atoms with Gasteiger partial charge in [-0.15, -0.1) is 0 Å². The van der Waals surface area contributed by atoms with Crippen molar-refractivity contribution >= 4 is 27.5 Å². The van der Waals surface area contributed by atoms with Gasteiger partial charge in [-0.1, -0.05) is 11.6 Å². The van der Waals surface area contributed by atoms with E-state index in [0.717, 1.165) is 6.07 Å². The Kier molecular flexibility index (Phi) is 3.58. The molecule has 0 saturated carbocycles. The summed E-state index contributed by atoms with van der Waals surface area (Å²) in [5.41, 5.74) is -0.279. The van der Waals surface area contributed by atoms with Crippen LogP contribution in [0.15, 0.2) is 10.7 Å². The van der Waals surface area contributed by atoms with Gasteiger partial charge in [-0.2, -0.15) is 0 Å². The van der Waals surface area contributed by atoms with Crippen LogP contribution in [0, 0.1) is 0 Å². The number of hydrogen-bond donors (Lipinski definition) is 1. The lowest BCUT2D eigenvalue weighted by Crippen LogP contribution is -1.97. The minimum Gasteiger partial charge on any atom is -0.390 e. The maximum Gasteiger partial charge on any atom is 0.265 e. The lowest BCUT2D eigenvalue weighted by Gasteiger charge is -2.06. The number of rotatable bonds is 2. The molecule has 0 spiro atoms. The highest BCUT2D eigenvalue weighted by Gasteiger charge is 2.16. The maximum absolute atomic E-state index is 12.3. The molecule has 72 valence electrons. The van der Waals surface area contributed by atoms with Gasteiger partial charge in [0.1, 0.15) is 4.60 Å². The van der Waals surface area contributed by atoms with Crippen LogP contribution in [-0.4, -0.2) is 10.1 Å². The predicted molar refractivity (Wildman–Crippen MR) is 47.8 cm³/mol. The fourth-order valence-electron chi connectivity index (χ4n) is 0.832. The van der Waals surface area contributed by atoms with Crippen LogP contribution in [0.2, 0.25) is 5.02 Å². The molecular weight excluding hydrogens is 267 g/mol. The lowest BCUT2D eigenvalue weighted by atomic mass is 10.2. The van der Waals surface area contributed by atoms with Gasteiger partial charge < -0.3 is 5.11 Å². The van der Waals surface area contributed by atoms with Crippen molar-refractivity contribution in [3.05, 3.63) is 26.9 Å². The van der Waals surface area contributed by atoms with Gasteiger partial charge in [0.15, 0.2) is 0 Å². The third kappa shape index (κ3) is 2.36. The van der Waals surface area contributed by atoms with E-state index in [1.807, 2.05) is 0 Å². The van der Waals surface area contributed by atoms with E-state index in [1.54, 1.807) is 0 Å². The van der Waals surface area contributed by atoms with E-state index >= 15 is 0 Å². The molecular formula is C7H5BrClF2NO. The summed E-state index contributed by atoms with van der Waals surface area (Å²) in [6.07, 6.45) is -2.67. The molecule has 0 unspecified atom stereocenters. The van der Waals surface area contributed by atoms with Crippen molar-refractivity contribution in [1.29, 1.82) is 0 Å². The quantitative estimate of drug-likeness (QED) is 0.840. The summed E-state index contributed by atoms with van der Waals surface area (Å²) < 4.78 is 24.9. The molecule has 13 heavy (non-hydrogen) atoms. The molecule has 0 atom stereocenters. The molecule has 1 heterocycles. The second kappa shape index (κ2) is 4.30. The predicted octanol–water partition coefficient (Wildman–Crippen LogP) is 2.93. The fraction of sp³-hybridized carbons (Fsp3) is 0.286. The van der Waals surface area contributed by atoms with Crippen molar-refractivity contribution < 1.29 is 13.9 Å². The highest BCUT2D eigenvalue weighted by Crippen LogP contribution is 2.30. The largest absolute Gasteiger partial charge is 0.390 e. The highest BCUT2D eigenvalue weighted by molar-refractivity contribution is 9.10. The van der Waals surface area contributed by atoms with Gasteiger partial charge in [0.2, 0.25) is 0 Å². The average molecular weight is 272 g/mol. The molecule has 0 amide bonds. The Balaban J connectivity index is 3.27. The molecule has 0 aliphatic rings. The summed E-state index contributed by atoms with van der Waals surface area (Å²) in [6.45, 7) is -0.460. The standard InChI is InChI=1S/C7H5BrClF2NO/c8-5-1-3(7(10)11)6(9)4(2-13)12-5/h1,7,13H,2H2. The fourth-order valence-corrected chi connectivity index (χ4v) is 1.53. The Morgan fingerprint density at radius 2 is 2.23 bits per heavy atom. The molecule has 0 radical (unpaired) electrons. The maximum atomic E-state index is 12.3. The SMILES string of the molecule is OCc1nc(Br)cc(C(F)F)c1Cl. The molecule has 0 aliphatic carbocycles. The Hall–Kier alpha value is -0.260. The van der Waals surface area contributed by atoms with Gasteiger partial charge in [-0.25, -0.2) is 13.8 Å². The van der Waals surface area contributed by atoms with Crippen LogP contribution in [-0.2, 0) is 6.61 Å². The van der Waals surface area contributed by atoms with Crippen molar-refractivity contribution in [3.8, 4) is 0 Å². The van der Waals surface area contributed by atoms with Crippen LogP contribution in [0.1, 0.15) is 17.7 Å². The average Bonchev–Trinajstić information content (AvgIpc) is 2.08. The number of aliphatic hydroxyl groups is 1. The van der Waals surface area contributed by atoms with E-state index in [2.05, 4.69) is 20.9 Å². The molecule has 1 aromatic rings. The third-order valence-corrected chi connectivity index (χ3v) is 2.25. The second-order valence-electron chi connectivity index (χ2n) is 2.25. The van der Waals surface area contributed by atoms with E-state index in [1.165, 1.54) is 0 Å². The van der Waals surface area contributed by atoms with Crippen LogP contribution in [0.25, 0.3) is 0 Å². The summed E-state index contributed by atoms with van der Waals surface area (Å²) in [5.74, 6) is 0. The smallest absolute Gasteiger partial charge is 0.265 e. The van der Waals surface area contributed by atoms with Crippen LogP contribution in [0.5, 0.6) is 0 Å². The van der Waals surface area contributed by atoms with Gasteiger partial charge in [0, 0.05) is 5.56 Å². The van der Waals surface area contributed by atoms with Crippen LogP contribution in [0.4, 0.5) is 8.78 Å². The number of halogens is 4.